The van der Waals surface area contributed by atoms with Crippen LogP contribution in [0.2, 0.25) is 0 Å². The zero-order valence-corrected chi connectivity index (χ0v) is 27.5. The zero-order chi connectivity index (χ0) is 30.5. The lowest BCUT2D eigenvalue weighted by molar-refractivity contribution is 1.10. The first kappa shape index (κ1) is 30.3. The quantitative estimate of drug-likeness (QED) is 0.159. The van der Waals surface area contributed by atoms with Gasteiger partial charge in [0.25, 0.3) is 0 Å². The Morgan fingerprint density at radius 2 is 1.16 bits per heavy atom. The molecule has 2 heterocycles. The van der Waals surface area contributed by atoms with E-state index < -0.39 is 0 Å². The number of anilines is 1. The number of nitrogens with zero attached hydrogens (tertiary/aromatic N) is 3. The maximum Gasteiger partial charge on any atom is 0.0820 e. The van der Waals surface area contributed by atoms with Crippen molar-refractivity contribution >= 4 is 64.8 Å². The van der Waals surface area contributed by atoms with Crippen molar-refractivity contribution in [2.24, 2.45) is 9.98 Å². The van der Waals surface area contributed by atoms with Crippen LogP contribution in [0.4, 0.5) is 17.1 Å². The molecule has 2 N–H and O–H groups in total. The third-order valence-electron chi connectivity index (χ3n) is 7.95. The highest BCUT2D eigenvalue weighted by molar-refractivity contribution is 7.99. The number of aromatic nitrogens is 1. The predicted octanol–water partition coefficient (Wildman–Crippen LogP) is 10.3. The average Bonchev–Trinajstić information content (AvgIpc) is 3.04. The Morgan fingerprint density at radius 3 is 1.73 bits per heavy atom. The van der Waals surface area contributed by atoms with Gasteiger partial charge >= 0.3 is 0 Å². The first-order valence-electron chi connectivity index (χ1n) is 14.5. The summed E-state index contributed by atoms with van der Waals surface area (Å²) in [6.45, 7) is 6.87. The standard InChI is InChI=1S/C37H34N4S3/c1-24-29(21-42-35-16-7-4-13-32(35)38)25(2)31-23-44-37-18-9-6-15-34(37)40-20-28-12-10-11-27(41-28)19-39-33-14-5-8-17-36(33)43-22-30(24)26(31)3/h4-20H,21-23,38H2,1-3H3. The summed E-state index contributed by atoms with van der Waals surface area (Å²) in [7, 11) is 0. The fraction of sp³-hybridized carbons (Fsp3) is 0.162. The number of pyridine rings is 1. The van der Waals surface area contributed by atoms with Gasteiger partial charge in [0.2, 0.25) is 0 Å². The minimum atomic E-state index is 0.800. The third kappa shape index (κ3) is 6.80. The van der Waals surface area contributed by atoms with Gasteiger partial charge in [0, 0.05) is 37.6 Å². The molecular weight excluding hydrogens is 597 g/mol. The van der Waals surface area contributed by atoms with Gasteiger partial charge in [0.15, 0.2) is 0 Å². The minimum absolute atomic E-state index is 0.800. The molecule has 0 radical (unpaired) electrons. The molecule has 5 aromatic rings. The van der Waals surface area contributed by atoms with Crippen LogP contribution in [0.25, 0.3) is 0 Å². The molecule has 0 unspecified atom stereocenters. The summed E-state index contributed by atoms with van der Waals surface area (Å²) in [6, 6.07) is 30.8. The van der Waals surface area contributed by atoms with Crippen molar-refractivity contribution in [1.82, 2.24) is 4.98 Å². The van der Waals surface area contributed by atoms with Gasteiger partial charge in [-0.25, -0.2) is 4.98 Å². The normalized spacial score (nSPS) is 13.1. The molecule has 0 saturated heterocycles. The van der Waals surface area contributed by atoms with Crippen molar-refractivity contribution in [3.05, 3.63) is 136 Å². The number of hydrogen-bond donors (Lipinski definition) is 1. The minimum Gasteiger partial charge on any atom is -0.398 e. The topological polar surface area (TPSA) is 63.6 Å². The predicted molar refractivity (Wildman–Crippen MR) is 192 cm³/mol. The van der Waals surface area contributed by atoms with Crippen molar-refractivity contribution in [1.29, 1.82) is 0 Å². The summed E-state index contributed by atoms with van der Waals surface area (Å²) in [5.74, 6) is 2.60. The van der Waals surface area contributed by atoms with Crippen molar-refractivity contribution < 1.29 is 0 Å². The second kappa shape index (κ2) is 13.9. The molecule has 0 amide bonds. The lowest BCUT2D eigenvalue weighted by atomic mass is 9.90. The van der Waals surface area contributed by atoms with Gasteiger partial charge < -0.3 is 5.73 Å². The van der Waals surface area contributed by atoms with Crippen molar-refractivity contribution in [3.8, 4) is 0 Å². The molecule has 0 saturated carbocycles. The monoisotopic (exact) mass is 630 g/mol. The molecule has 4 aromatic carbocycles. The summed E-state index contributed by atoms with van der Waals surface area (Å²) in [4.78, 5) is 17.9. The Bertz CT molecular complexity index is 1780. The molecular formula is C37H34N4S3. The molecule has 4 nitrogen and oxygen atoms in total. The molecule has 6 rings (SSSR count). The summed E-state index contributed by atoms with van der Waals surface area (Å²) in [5, 5.41) is 0. The van der Waals surface area contributed by atoms with Crippen LogP contribution in [-0.2, 0) is 17.3 Å². The second-order valence-electron chi connectivity index (χ2n) is 10.7. The molecule has 7 heteroatoms. The average molecular weight is 631 g/mol. The highest BCUT2D eigenvalue weighted by atomic mass is 32.2. The van der Waals surface area contributed by atoms with Gasteiger partial charge in [-0.05, 0) is 103 Å². The number of aliphatic imine (C=N–C) groups is 2. The van der Waals surface area contributed by atoms with E-state index in [9.17, 15) is 0 Å². The highest BCUT2D eigenvalue weighted by Crippen LogP contribution is 2.41. The molecule has 0 spiro atoms. The molecule has 1 aliphatic heterocycles. The molecule has 44 heavy (non-hydrogen) atoms. The van der Waals surface area contributed by atoms with Crippen molar-refractivity contribution in [3.63, 3.8) is 0 Å². The second-order valence-corrected chi connectivity index (χ2v) is 13.7. The summed E-state index contributed by atoms with van der Waals surface area (Å²) < 4.78 is 0. The van der Waals surface area contributed by atoms with E-state index in [0.717, 1.165) is 60.4 Å². The van der Waals surface area contributed by atoms with Gasteiger partial charge in [-0.2, -0.15) is 0 Å². The summed E-state index contributed by atoms with van der Waals surface area (Å²) in [6.07, 6.45) is 3.68. The van der Waals surface area contributed by atoms with E-state index in [2.05, 4.69) is 69.3 Å². The molecule has 4 bridgehead atoms. The van der Waals surface area contributed by atoms with Crippen LogP contribution >= 0.6 is 35.3 Å². The highest BCUT2D eigenvalue weighted by Gasteiger charge is 2.19. The third-order valence-corrected chi connectivity index (χ3v) is 11.2. The van der Waals surface area contributed by atoms with E-state index in [1.54, 1.807) is 0 Å². The Labute approximate surface area is 272 Å². The van der Waals surface area contributed by atoms with Gasteiger partial charge in [0.05, 0.1) is 35.2 Å². The maximum absolute atomic E-state index is 6.33. The van der Waals surface area contributed by atoms with Gasteiger partial charge in [0.1, 0.15) is 0 Å². The van der Waals surface area contributed by atoms with Crippen molar-refractivity contribution in [2.75, 3.05) is 5.73 Å². The Hall–Kier alpha value is -3.78. The first-order valence-corrected chi connectivity index (χ1v) is 17.5. The fourth-order valence-corrected chi connectivity index (χ4v) is 8.85. The van der Waals surface area contributed by atoms with Crippen LogP contribution in [0.15, 0.2) is 116 Å². The van der Waals surface area contributed by atoms with Crippen LogP contribution in [-0.4, -0.2) is 17.4 Å². The summed E-state index contributed by atoms with van der Waals surface area (Å²) >= 11 is 5.51. The molecule has 1 aromatic heterocycles. The Balaban J connectivity index is 1.45. The van der Waals surface area contributed by atoms with Gasteiger partial charge in [-0.3, -0.25) is 9.98 Å². The van der Waals surface area contributed by atoms with E-state index in [4.69, 9.17) is 20.7 Å². The zero-order valence-electron chi connectivity index (χ0n) is 25.1. The number of hydrogen-bond acceptors (Lipinski definition) is 7. The van der Waals surface area contributed by atoms with Crippen LogP contribution in [0.5, 0.6) is 0 Å². The van der Waals surface area contributed by atoms with E-state index >= 15 is 0 Å². The van der Waals surface area contributed by atoms with E-state index in [1.807, 2.05) is 90.2 Å². The van der Waals surface area contributed by atoms with Gasteiger partial charge in [-0.1, -0.05) is 42.5 Å². The first-order chi connectivity index (χ1) is 21.5. The van der Waals surface area contributed by atoms with Crippen LogP contribution in [0.1, 0.15) is 44.8 Å². The Morgan fingerprint density at radius 1 is 0.636 bits per heavy atom. The van der Waals surface area contributed by atoms with E-state index in [1.165, 1.54) is 33.4 Å². The number of benzene rings is 4. The lowest BCUT2D eigenvalue weighted by Crippen LogP contribution is -2.06. The molecule has 0 fully saturated rings. The van der Waals surface area contributed by atoms with Crippen LogP contribution in [0, 0.1) is 20.8 Å². The van der Waals surface area contributed by atoms with Crippen LogP contribution < -0.4 is 5.73 Å². The number of nitrogen functional groups attached to an aromatic ring is 1. The lowest BCUT2D eigenvalue weighted by Gasteiger charge is -2.23. The Kier molecular flexibility index (Phi) is 9.55. The van der Waals surface area contributed by atoms with Crippen LogP contribution in [0.3, 0.4) is 0 Å². The number of thioether (sulfide) groups is 3. The maximum atomic E-state index is 6.33. The number of para-hydroxylation sites is 3. The van der Waals surface area contributed by atoms with E-state index in [-0.39, 0.29) is 0 Å². The SMILES string of the molecule is Cc1c(CSc2ccccc2N)c(C)c2c(C)c1CSc1ccccc1N=Cc1cccc(n1)C=Nc1ccccc1SC2. The number of nitrogens with two attached hydrogens (primary N) is 1. The largest absolute Gasteiger partial charge is 0.398 e. The molecule has 1 aliphatic rings. The smallest absolute Gasteiger partial charge is 0.0820 e. The fourth-order valence-electron chi connectivity index (χ4n) is 5.36. The molecule has 0 atom stereocenters. The number of fused-ring (bicyclic) bond motifs is 6. The van der Waals surface area contributed by atoms with Gasteiger partial charge in [-0.15, -0.1) is 35.3 Å². The number of rotatable bonds is 3. The van der Waals surface area contributed by atoms with Crippen molar-refractivity contribution in [2.45, 2.75) is 52.7 Å². The summed E-state index contributed by atoms with van der Waals surface area (Å²) in [5.41, 5.74) is 18.9. The molecule has 0 aliphatic carbocycles. The van der Waals surface area contributed by atoms with E-state index in [0.29, 0.717) is 0 Å². The molecule has 220 valence electrons.